The number of hydrogen-bond donors (Lipinski definition) is 0. The molecule has 0 amide bonds. The molecule has 0 heterocycles. The summed E-state index contributed by atoms with van der Waals surface area (Å²) in [6.45, 7) is 11.0. The van der Waals surface area contributed by atoms with E-state index in [1.807, 2.05) is 0 Å². The zero-order chi connectivity index (χ0) is 23.4. The first-order valence-electron chi connectivity index (χ1n) is 14.4. The molecule has 3 aliphatic carbocycles. The Balaban J connectivity index is 1.50. The van der Waals surface area contributed by atoms with Crippen LogP contribution in [0, 0.1) is 40.9 Å². The van der Waals surface area contributed by atoms with E-state index >= 15 is 0 Å². The monoisotopic (exact) mass is 560 g/mol. The fourth-order valence-electron chi connectivity index (χ4n) is 7.63. The van der Waals surface area contributed by atoms with Crippen molar-refractivity contribution in [3.8, 4) is 0 Å². The van der Waals surface area contributed by atoms with Crippen molar-refractivity contribution >= 4 is 22.6 Å². The summed E-state index contributed by atoms with van der Waals surface area (Å²) >= 11 is 2.67. The Bertz CT molecular complexity index is 532. The Labute approximate surface area is 214 Å². The Kier molecular flexibility index (Phi) is 10.3. The molecular formula is C30H54FI. The summed E-state index contributed by atoms with van der Waals surface area (Å²) in [5.74, 6) is 5.25. The zero-order valence-corrected chi connectivity index (χ0v) is 24.3. The summed E-state index contributed by atoms with van der Waals surface area (Å²) in [6.07, 6.45) is 22.0. The standard InChI is InChI=1S/C30H54FI/c1-22-6-8-25(9-7-22)18-23(2)19-26(14-15-29(4,5)31)20-24(3)21-30(16-17-30)27-10-12-28(32)13-11-27/h22-28H,6-21H2,1-5H3/t22?,23-,24?,25?,26?,27?,28?/m1/s1. The molecule has 0 spiro atoms. The first kappa shape index (κ1) is 27.3. The van der Waals surface area contributed by atoms with E-state index < -0.39 is 5.67 Å². The molecule has 0 aromatic heterocycles. The van der Waals surface area contributed by atoms with Crippen molar-refractivity contribution in [3.05, 3.63) is 0 Å². The van der Waals surface area contributed by atoms with Gasteiger partial charge < -0.3 is 0 Å². The molecule has 3 atom stereocenters. The van der Waals surface area contributed by atoms with E-state index in [1.54, 1.807) is 13.8 Å². The lowest BCUT2D eigenvalue weighted by Gasteiger charge is -2.35. The third-order valence-electron chi connectivity index (χ3n) is 9.66. The summed E-state index contributed by atoms with van der Waals surface area (Å²) in [5, 5.41) is 0. The molecule has 2 heteroatoms. The van der Waals surface area contributed by atoms with Crippen LogP contribution in [0.3, 0.4) is 0 Å². The molecule has 3 fully saturated rings. The Morgan fingerprint density at radius 2 is 1.50 bits per heavy atom. The van der Waals surface area contributed by atoms with Crippen LogP contribution in [-0.2, 0) is 0 Å². The minimum atomic E-state index is -1.01. The Morgan fingerprint density at radius 3 is 2.06 bits per heavy atom. The lowest BCUT2D eigenvalue weighted by Crippen LogP contribution is -2.25. The van der Waals surface area contributed by atoms with Gasteiger partial charge in [-0.1, -0.05) is 69.0 Å². The molecule has 188 valence electrons. The van der Waals surface area contributed by atoms with Crippen molar-refractivity contribution in [3.63, 3.8) is 0 Å². The van der Waals surface area contributed by atoms with E-state index in [2.05, 4.69) is 43.4 Å². The van der Waals surface area contributed by atoms with Gasteiger partial charge in [0.05, 0.1) is 0 Å². The van der Waals surface area contributed by atoms with E-state index in [0.717, 1.165) is 52.3 Å². The average molecular weight is 561 g/mol. The number of rotatable bonds is 12. The molecular weight excluding hydrogens is 506 g/mol. The smallest absolute Gasteiger partial charge is 0.105 e. The van der Waals surface area contributed by atoms with Crippen molar-refractivity contribution in [2.24, 2.45) is 40.9 Å². The van der Waals surface area contributed by atoms with Gasteiger partial charge in [0.15, 0.2) is 0 Å². The van der Waals surface area contributed by atoms with E-state index in [1.165, 1.54) is 89.9 Å². The van der Waals surface area contributed by atoms with Gasteiger partial charge in [-0.2, -0.15) is 0 Å². The SMILES string of the molecule is CC1CCC(C[C@@H](C)CC(CCC(C)(C)F)CC(C)CC2(C3CCC(I)CC3)CC2)CC1. The lowest BCUT2D eigenvalue weighted by atomic mass is 9.71. The molecule has 0 saturated heterocycles. The van der Waals surface area contributed by atoms with Crippen LogP contribution in [0.5, 0.6) is 0 Å². The number of halogens is 2. The fourth-order valence-corrected chi connectivity index (χ4v) is 8.35. The fraction of sp³-hybridized carbons (Fsp3) is 1.00. The third kappa shape index (κ3) is 9.03. The molecule has 0 radical (unpaired) electrons. The normalized spacial score (nSPS) is 33.5. The summed E-state index contributed by atoms with van der Waals surface area (Å²) in [6, 6.07) is 0. The predicted molar refractivity (Wildman–Crippen MR) is 147 cm³/mol. The van der Waals surface area contributed by atoms with Crippen LogP contribution in [0.15, 0.2) is 0 Å². The van der Waals surface area contributed by atoms with Crippen LogP contribution in [0.2, 0.25) is 0 Å². The van der Waals surface area contributed by atoms with Crippen molar-refractivity contribution in [1.29, 1.82) is 0 Å². The minimum absolute atomic E-state index is 0.699. The largest absolute Gasteiger partial charge is 0.245 e. The van der Waals surface area contributed by atoms with Crippen molar-refractivity contribution in [1.82, 2.24) is 0 Å². The highest BCUT2D eigenvalue weighted by atomic mass is 127. The van der Waals surface area contributed by atoms with Gasteiger partial charge in [0.25, 0.3) is 0 Å². The first-order valence-corrected chi connectivity index (χ1v) is 15.6. The van der Waals surface area contributed by atoms with Crippen molar-refractivity contribution in [2.45, 2.75) is 147 Å². The molecule has 2 unspecified atom stereocenters. The highest BCUT2D eigenvalue weighted by Gasteiger charge is 2.49. The Morgan fingerprint density at radius 1 is 0.906 bits per heavy atom. The number of hydrogen-bond acceptors (Lipinski definition) is 0. The quantitative estimate of drug-likeness (QED) is 0.165. The molecule has 0 aromatic carbocycles. The molecule has 3 rings (SSSR count). The maximum absolute atomic E-state index is 14.4. The van der Waals surface area contributed by atoms with Crippen molar-refractivity contribution < 1.29 is 4.39 Å². The van der Waals surface area contributed by atoms with Crippen LogP contribution in [-0.4, -0.2) is 9.59 Å². The zero-order valence-electron chi connectivity index (χ0n) is 22.1. The second-order valence-electron chi connectivity index (χ2n) is 13.7. The molecule has 3 saturated carbocycles. The third-order valence-corrected chi connectivity index (χ3v) is 10.9. The lowest BCUT2D eigenvalue weighted by molar-refractivity contribution is 0.152. The molecule has 0 bridgehead atoms. The van der Waals surface area contributed by atoms with Gasteiger partial charge in [-0.3, -0.25) is 0 Å². The van der Waals surface area contributed by atoms with Gasteiger partial charge in [0.2, 0.25) is 0 Å². The maximum Gasteiger partial charge on any atom is 0.105 e. The van der Waals surface area contributed by atoms with Gasteiger partial charge >= 0.3 is 0 Å². The van der Waals surface area contributed by atoms with Gasteiger partial charge in [-0.25, -0.2) is 4.39 Å². The molecule has 0 aromatic rings. The van der Waals surface area contributed by atoms with E-state index in [-0.39, 0.29) is 0 Å². The van der Waals surface area contributed by atoms with Crippen LogP contribution in [0.25, 0.3) is 0 Å². The van der Waals surface area contributed by atoms with Gasteiger partial charge in [0.1, 0.15) is 5.67 Å². The first-order chi connectivity index (χ1) is 15.0. The molecule has 32 heavy (non-hydrogen) atoms. The van der Waals surface area contributed by atoms with Crippen LogP contribution in [0.1, 0.15) is 137 Å². The van der Waals surface area contributed by atoms with Crippen LogP contribution < -0.4 is 0 Å². The second-order valence-corrected chi connectivity index (χ2v) is 15.4. The molecule has 0 nitrogen and oxygen atoms in total. The maximum atomic E-state index is 14.4. The average Bonchev–Trinajstić information content (AvgIpc) is 3.48. The van der Waals surface area contributed by atoms with Crippen molar-refractivity contribution in [2.75, 3.05) is 0 Å². The highest BCUT2D eigenvalue weighted by Crippen LogP contribution is 2.60. The van der Waals surface area contributed by atoms with Crippen LogP contribution in [0.4, 0.5) is 4.39 Å². The minimum Gasteiger partial charge on any atom is -0.245 e. The number of alkyl halides is 2. The van der Waals surface area contributed by atoms with Gasteiger partial charge in [-0.05, 0) is 132 Å². The van der Waals surface area contributed by atoms with Gasteiger partial charge in [0, 0.05) is 3.92 Å². The summed E-state index contributed by atoms with van der Waals surface area (Å²) in [5.41, 5.74) is -0.315. The second kappa shape index (κ2) is 12.1. The molecule has 3 aliphatic rings. The van der Waals surface area contributed by atoms with Gasteiger partial charge in [-0.15, -0.1) is 0 Å². The summed E-state index contributed by atoms with van der Waals surface area (Å²) in [4.78, 5) is 0. The van der Waals surface area contributed by atoms with E-state index in [9.17, 15) is 4.39 Å². The topological polar surface area (TPSA) is 0 Å². The van der Waals surface area contributed by atoms with E-state index in [4.69, 9.17) is 0 Å². The van der Waals surface area contributed by atoms with Crippen LogP contribution >= 0.6 is 22.6 Å². The van der Waals surface area contributed by atoms with E-state index in [0.29, 0.717) is 5.41 Å². The Hall–Kier alpha value is 0.660. The highest BCUT2D eigenvalue weighted by molar-refractivity contribution is 14.1. The molecule has 0 N–H and O–H groups in total. The predicted octanol–water partition coefficient (Wildman–Crippen LogP) is 10.6. The molecule has 0 aliphatic heterocycles. The summed E-state index contributed by atoms with van der Waals surface area (Å²) < 4.78 is 15.3. The summed E-state index contributed by atoms with van der Waals surface area (Å²) in [7, 11) is 0.